The lowest BCUT2D eigenvalue weighted by molar-refractivity contribution is 0.0474. The average molecular weight is 338 g/mol. The molecule has 1 aromatic carbocycles. The molecule has 0 atom stereocenters. The maximum absolute atomic E-state index is 12.0. The van der Waals surface area contributed by atoms with Crippen molar-refractivity contribution in [3.8, 4) is 0 Å². The Morgan fingerprint density at radius 1 is 1.29 bits per heavy atom. The first-order valence-electron chi connectivity index (χ1n) is 6.08. The summed E-state index contributed by atoms with van der Waals surface area (Å²) in [6, 6.07) is 9.44. The number of halogens is 2. The summed E-state index contributed by atoms with van der Waals surface area (Å²) in [5.41, 5.74) is 1.26. The third-order valence-corrected chi connectivity index (χ3v) is 4.65. The molecular weight excluding hydrogens is 329 g/mol. The maximum Gasteiger partial charge on any atom is 0.340 e. The van der Waals surface area contributed by atoms with Gasteiger partial charge >= 0.3 is 5.97 Å². The molecule has 2 aromatic heterocycles. The van der Waals surface area contributed by atoms with Crippen molar-refractivity contribution >= 4 is 50.6 Å². The fourth-order valence-electron chi connectivity index (χ4n) is 1.90. The van der Waals surface area contributed by atoms with Crippen LogP contribution in [-0.4, -0.2) is 11.0 Å². The smallest absolute Gasteiger partial charge is 0.340 e. The number of carbonyl (C=O) groups excluding carboxylic acids is 1. The zero-order valence-electron chi connectivity index (χ0n) is 10.7. The van der Waals surface area contributed by atoms with Gasteiger partial charge in [0.2, 0.25) is 0 Å². The highest BCUT2D eigenvalue weighted by molar-refractivity contribution is 7.17. The molecule has 0 aliphatic heterocycles. The Balaban J connectivity index is 1.75. The van der Waals surface area contributed by atoms with Crippen LogP contribution in [0, 0.1) is 0 Å². The molecule has 0 radical (unpaired) electrons. The molecule has 21 heavy (non-hydrogen) atoms. The van der Waals surface area contributed by atoms with E-state index in [0.717, 1.165) is 10.9 Å². The monoisotopic (exact) mass is 337 g/mol. The van der Waals surface area contributed by atoms with E-state index in [9.17, 15) is 4.79 Å². The Hall–Kier alpha value is -1.62. The molecule has 0 amide bonds. The first kappa shape index (κ1) is 14.3. The molecule has 0 bridgehead atoms. The number of hydrogen-bond acceptors (Lipinski definition) is 4. The van der Waals surface area contributed by atoms with E-state index >= 15 is 0 Å². The van der Waals surface area contributed by atoms with Crippen LogP contribution in [0.15, 0.2) is 41.9 Å². The lowest BCUT2D eigenvalue weighted by atomic mass is 10.2. The Labute approximate surface area is 135 Å². The zero-order chi connectivity index (χ0) is 14.8. The van der Waals surface area contributed by atoms with E-state index in [1.165, 1.54) is 17.0 Å². The van der Waals surface area contributed by atoms with Gasteiger partial charge in [0.25, 0.3) is 0 Å². The average Bonchev–Trinajstić information content (AvgIpc) is 2.91. The molecule has 0 fully saturated rings. The summed E-state index contributed by atoms with van der Waals surface area (Å²) in [7, 11) is 0. The first-order chi connectivity index (χ1) is 10.1. The second kappa shape index (κ2) is 6.02. The summed E-state index contributed by atoms with van der Waals surface area (Å²) in [5, 5.41) is 3.48. The number of ether oxygens (including phenoxy) is 1. The van der Waals surface area contributed by atoms with Crippen LogP contribution in [0.5, 0.6) is 0 Å². The van der Waals surface area contributed by atoms with Crippen molar-refractivity contribution in [2.24, 2.45) is 0 Å². The maximum atomic E-state index is 12.0. The van der Waals surface area contributed by atoms with Gasteiger partial charge in [-0.05, 0) is 22.9 Å². The molecule has 6 heteroatoms. The standard InChI is InChI=1S/C15H9Cl2NO2S/c16-12-5-9(6-18-14(12)17)15(19)20-7-10-8-21-13-4-2-1-3-11(10)13/h1-6,8H,7H2. The van der Waals surface area contributed by atoms with Gasteiger partial charge in [-0.2, -0.15) is 0 Å². The topological polar surface area (TPSA) is 39.2 Å². The van der Waals surface area contributed by atoms with E-state index in [4.69, 9.17) is 27.9 Å². The minimum absolute atomic E-state index is 0.164. The molecule has 3 aromatic rings. The Morgan fingerprint density at radius 3 is 2.90 bits per heavy atom. The van der Waals surface area contributed by atoms with Crippen LogP contribution in [0.1, 0.15) is 15.9 Å². The van der Waals surface area contributed by atoms with E-state index in [1.807, 2.05) is 29.6 Å². The van der Waals surface area contributed by atoms with E-state index in [-0.39, 0.29) is 22.3 Å². The summed E-state index contributed by atoms with van der Waals surface area (Å²) >= 11 is 13.2. The molecule has 0 spiro atoms. The quantitative estimate of drug-likeness (QED) is 0.500. The van der Waals surface area contributed by atoms with Gasteiger partial charge in [0.1, 0.15) is 11.8 Å². The number of benzene rings is 1. The number of nitrogens with zero attached hydrogens (tertiary/aromatic N) is 1. The fourth-order valence-corrected chi connectivity index (χ4v) is 3.12. The largest absolute Gasteiger partial charge is 0.457 e. The van der Waals surface area contributed by atoms with E-state index in [1.54, 1.807) is 11.3 Å². The summed E-state index contributed by atoms with van der Waals surface area (Å²) in [6.07, 6.45) is 1.35. The predicted molar refractivity (Wildman–Crippen MR) is 85.2 cm³/mol. The molecule has 0 aliphatic rings. The van der Waals surface area contributed by atoms with Gasteiger partial charge in [0.05, 0.1) is 10.6 Å². The number of carbonyl (C=O) groups is 1. The van der Waals surface area contributed by atoms with E-state index in [0.29, 0.717) is 0 Å². The predicted octanol–water partition coefficient (Wildman–Crippen LogP) is 4.96. The number of fused-ring (bicyclic) bond motifs is 1. The van der Waals surface area contributed by atoms with Gasteiger partial charge in [0.15, 0.2) is 0 Å². The van der Waals surface area contributed by atoms with Crippen LogP contribution in [0.3, 0.4) is 0 Å². The number of rotatable bonds is 3. The second-order valence-electron chi connectivity index (χ2n) is 4.33. The van der Waals surface area contributed by atoms with Gasteiger partial charge in [0, 0.05) is 16.5 Å². The zero-order valence-corrected chi connectivity index (χ0v) is 13.0. The van der Waals surface area contributed by atoms with Crippen LogP contribution in [0.2, 0.25) is 10.2 Å². The van der Waals surface area contributed by atoms with Gasteiger partial charge in [-0.3, -0.25) is 0 Å². The van der Waals surface area contributed by atoms with Crippen molar-refractivity contribution in [1.82, 2.24) is 4.98 Å². The van der Waals surface area contributed by atoms with Crippen LogP contribution in [0.25, 0.3) is 10.1 Å². The number of thiophene rings is 1. The van der Waals surface area contributed by atoms with Gasteiger partial charge in [-0.15, -0.1) is 11.3 Å². The summed E-state index contributed by atoms with van der Waals surface area (Å²) in [4.78, 5) is 15.8. The van der Waals surface area contributed by atoms with Gasteiger partial charge < -0.3 is 4.74 Å². The van der Waals surface area contributed by atoms with Crippen LogP contribution in [0.4, 0.5) is 0 Å². The first-order valence-corrected chi connectivity index (χ1v) is 7.72. The minimum atomic E-state index is -0.476. The van der Waals surface area contributed by atoms with Crippen molar-refractivity contribution < 1.29 is 9.53 Å². The molecule has 3 nitrogen and oxygen atoms in total. The number of esters is 1. The molecule has 0 unspecified atom stereocenters. The number of hydrogen-bond donors (Lipinski definition) is 0. The van der Waals surface area contributed by atoms with Crippen molar-refractivity contribution in [1.29, 1.82) is 0 Å². The van der Waals surface area contributed by atoms with Crippen LogP contribution in [-0.2, 0) is 11.3 Å². The molecule has 0 aliphatic carbocycles. The highest BCUT2D eigenvalue weighted by atomic mass is 35.5. The summed E-state index contributed by atoms with van der Waals surface area (Å²) in [5.74, 6) is -0.476. The Morgan fingerprint density at radius 2 is 2.10 bits per heavy atom. The molecule has 0 saturated heterocycles. The van der Waals surface area contributed by atoms with Gasteiger partial charge in [-0.1, -0.05) is 41.4 Å². The Kier molecular flexibility index (Phi) is 4.10. The molecule has 0 N–H and O–H groups in total. The van der Waals surface area contributed by atoms with Crippen molar-refractivity contribution in [3.05, 3.63) is 63.2 Å². The Bertz CT molecular complexity index is 816. The molecule has 2 heterocycles. The lowest BCUT2D eigenvalue weighted by Gasteiger charge is -2.05. The summed E-state index contributed by atoms with van der Waals surface area (Å²) < 4.78 is 6.47. The minimum Gasteiger partial charge on any atom is -0.457 e. The second-order valence-corrected chi connectivity index (χ2v) is 6.01. The third kappa shape index (κ3) is 3.02. The van der Waals surface area contributed by atoms with Crippen molar-refractivity contribution in [3.63, 3.8) is 0 Å². The van der Waals surface area contributed by atoms with E-state index < -0.39 is 5.97 Å². The molecule has 3 rings (SSSR count). The molecule has 0 saturated carbocycles. The number of pyridine rings is 1. The van der Waals surface area contributed by atoms with Crippen molar-refractivity contribution in [2.45, 2.75) is 6.61 Å². The number of aromatic nitrogens is 1. The SMILES string of the molecule is O=C(OCc1csc2ccccc12)c1cnc(Cl)c(Cl)c1. The summed E-state index contributed by atoms with van der Waals surface area (Å²) in [6.45, 7) is 0.211. The molecule has 106 valence electrons. The van der Waals surface area contributed by atoms with Crippen LogP contribution < -0.4 is 0 Å². The highest BCUT2D eigenvalue weighted by Crippen LogP contribution is 2.26. The van der Waals surface area contributed by atoms with Crippen LogP contribution >= 0.6 is 34.5 Å². The van der Waals surface area contributed by atoms with E-state index in [2.05, 4.69) is 4.98 Å². The highest BCUT2D eigenvalue weighted by Gasteiger charge is 2.12. The van der Waals surface area contributed by atoms with Crippen molar-refractivity contribution in [2.75, 3.05) is 0 Å². The normalized spacial score (nSPS) is 10.8. The third-order valence-electron chi connectivity index (χ3n) is 2.95. The fraction of sp³-hybridized carbons (Fsp3) is 0.0667. The molecular formula is C15H9Cl2NO2S. The van der Waals surface area contributed by atoms with Gasteiger partial charge in [-0.25, -0.2) is 9.78 Å². The lowest BCUT2D eigenvalue weighted by Crippen LogP contribution is -2.05.